The van der Waals surface area contributed by atoms with E-state index in [-0.39, 0.29) is 0 Å². The number of aryl methyl sites for hydroxylation is 1. The van der Waals surface area contributed by atoms with E-state index >= 15 is 0 Å². The van der Waals surface area contributed by atoms with E-state index in [2.05, 4.69) is 35.5 Å². The van der Waals surface area contributed by atoms with E-state index in [1.807, 2.05) is 6.92 Å². The van der Waals surface area contributed by atoms with Gasteiger partial charge in [0.1, 0.15) is 0 Å². The molecule has 0 bridgehead atoms. The number of aromatic nitrogens is 2. The lowest BCUT2D eigenvalue weighted by Crippen LogP contribution is -2.28. The second kappa shape index (κ2) is 5.21. The second-order valence-electron chi connectivity index (χ2n) is 5.88. The van der Waals surface area contributed by atoms with Gasteiger partial charge in [0.25, 0.3) is 0 Å². The largest absolute Gasteiger partial charge is 0.394 e. The van der Waals surface area contributed by atoms with Crippen LogP contribution in [0, 0.1) is 12.8 Å². The maximum atomic E-state index is 6.23. The smallest absolute Gasteiger partial charge is 0.150 e. The van der Waals surface area contributed by atoms with Gasteiger partial charge in [-0.25, -0.2) is 4.68 Å². The summed E-state index contributed by atoms with van der Waals surface area (Å²) < 4.78 is 2.08. The van der Waals surface area contributed by atoms with Gasteiger partial charge in [-0.05, 0) is 46.0 Å². The summed E-state index contributed by atoms with van der Waals surface area (Å²) in [7, 11) is 0. The fourth-order valence-electron chi connectivity index (χ4n) is 2.70. The van der Waals surface area contributed by atoms with Gasteiger partial charge >= 0.3 is 0 Å². The summed E-state index contributed by atoms with van der Waals surface area (Å²) in [5, 5.41) is 4.58. The number of nitrogens with zero attached hydrogens (tertiary/aromatic N) is 3. The molecule has 0 amide bonds. The SMILES string of the molecule is Cc1nn(C(C)C)c(N2CCCC(C)CC2)c1N. The number of nitrogens with two attached hydrogens (primary N) is 1. The van der Waals surface area contributed by atoms with Gasteiger partial charge in [-0.1, -0.05) is 6.92 Å². The molecule has 18 heavy (non-hydrogen) atoms. The maximum Gasteiger partial charge on any atom is 0.150 e. The predicted octanol–water partition coefficient (Wildman–Crippen LogP) is 2.98. The number of nitrogen functional groups attached to an aromatic ring is 1. The Morgan fingerprint density at radius 2 is 2.00 bits per heavy atom. The molecular weight excluding hydrogens is 224 g/mol. The highest BCUT2D eigenvalue weighted by molar-refractivity contribution is 5.66. The van der Waals surface area contributed by atoms with E-state index in [0.29, 0.717) is 6.04 Å². The minimum Gasteiger partial charge on any atom is -0.394 e. The summed E-state index contributed by atoms with van der Waals surface area (Å²) in [6.07, 6.45) is 3.83. The van der Waals surface area contributed by atoms with Crippen molar-refractivity contribution < 1.29 is 0 Å². The van der Waals surface area contributed by atoms with Crippen LogP contribution in [0.2, 0.25) is 0 Å². The number of rotatable bonds is 2. The predicted molar refractivity (Wildman–Crippen MR) is 77.0 cm³/mol. The standard InChI is InChI=1S/C14H26N4/c1-10(2)18-14(13(15)12(4)16-18)17-8-5-6-11(3)7-9-17/h10-11H,5-9,15H2,1-4H3. The van der Waals surface area contributed by atoms with Crippen LogP contribution in [-0.2, 0) is 0 Å². The average Bonchev–Trinajstić information content (AvgIpc) is 2.50. The van der Waals surface area contributed by atoms with Crippen molar-refractivity contribution in [3.8, 4) is 0 Å². The van der Waals surface area contributed by atoms with Crippen molar-refractivity contribution in [1.29, 1.82) is 0 Å². The van der Waals surface area contributed by atoms with Crippen molar-refractivity contribution in [2.45, 2.75) is 53.0 Å². The molecule has 1 saturated heterocycles. The molecule has 0 aromatic carbocycles. The zero-order valence-corrected chi connectivity index (χ0v) is 12.1. The molecule has 1 unspecified atom stereocenters. The first-order valence-electron chi connectivity index (χ1n) is 7.10. The van der Waals surface area contributed by atoms with Crippen molar-refractivity contribution >= 4 is 11.5 Å². The van der Waals surface area contributed by atoms with Crippen LogP contribution < -0.4 is 10.6 Å². The summed E-state index contributed by atoms with van der Waals surface area (Å²) in [4.78, 5) is 2.43. The molecule has 0 saturated carbocycles. The summed E-state index contributed by atoms with van der Waals surface area (Å²) in [6.45, 7) is 10.9. The quantitative estimate of drug-likeness (QED) is 0.877. The Kier molecular flexibility index (Phi) is 3.83. The molecule has 1 fully saturated rings. The summed E-state index contributed by atoms with van der Waals surface area (Å²) in [5.41, 5.74) is 8.05. The van der Waals surface area contributed by atoms with Crippen LogP contribution in [-0.4, -0.2) is 22.9 Å². The van der Waals surface area contributed by atoms with E-state index in [1.54, 1.807) is 0 Å². The molecule has 2 rings (SSSR count). The summed E-state index contributed by atoms with van der Waals surface area (Å²) >= 11 is 0. The number of hydrogen-bond acceptors (Lipinski definition) is 3. The normalized spacial score (nSPS) is 21.4. The van der Waals surface area contributed by atoms with Gasteiger partial charge in [0, 0.05) is 19.1 Å². The van der Waals surface area contributed by atoms with Crippen LogP contribution in [0.4, 0.5) is 11.5 Å². The lowest BCUT2D eigenvalue weighted by Gasteiger charge is -2.25. The van der Waals surface area contributed by atoms with Crippen molar-refractivity contribution in [2.75, 3.05) is 23.7 Å². The Morgan fingerprint density at radius 1 is 1.28 bits per heavy atom. The Balaban J connectivity index is 2.31. The molecule has 1 atom stereocenters. The Morgan fingerprint density at radius 3 is 2.67 bits per heavy atom. The molecular formula is C14H26N4. The van der Waals surface area contributed by atoms with E-state index in [9.17, 15) is 0 Å². The molecule has 1 aliphatic heterocycles. The van der Waals surface area contributed by atoms with E-state index in [0.717, 1.165) is 36.2 Å². The number of anilines is 2. The zero-order chi connectivity index (χ0) is 13.3. The molecule has 2 N–H and O–H groups in total. The fourth-order valence-corrected chi connectivity index (χ4v) is 2.70. The van der Waals surface area contributed by atoms with Crippen molar-refractivity contribution in [3.63, 3.8) is 0 Å². The molecule has 102 valence electrons. The minimum absolute atomic E-state index is 0.358. The first kappa shape index (κ1) is 13.2. The van der Waals surface area contributed by atoms with Crippen LogP contribution in [0.25, 0.3) is 0 Å². The van der Waals surface area contributed by atoms with E-state index in [4.69, 9.17) is 5.73 Å². The maximum absolute atomic E-state index is 6.23. The van der Waals surface area contributed by atoms with Gasteiger partial charge in [-0.2, -0.15) is 5.10 Å². The monoisotopic (exact) mass is 250 g/mol. The zero-order valence-electron chi connectivity index (χ0n) is 12.1. The lowest BCUT2D eigenvalue weighted by molar-refractivity contribution is 0.514. The Hall–Kier alpha value is -1.19. The highest BCUT2D eigenvalue weighted by atomic mass is 15.4. The third-order valence-electron chi connectivity index (χ3n) is 3.91. The molecule has 0 aliphatic carbocycles. The summed E-state index contributed by atoms with van der Waals surface area (Å²) in [5.74, 6) is 1.96. The van der Waals surface area contributed by atoms with Gasteiger partial charge < -0.3 is 10.6 Å². The molecule has 1 aromatic rings. The summed E-state index contributed by atoms with van der Waals surface area (Å²) in [6, 6.07) is 0.358. The first-order valence-corrected chi connectivity index (χ1v) is 7.10. The molecule has 2 heterocycles. The molecule has 1 aliphatic rings. The third-order valence-corrected chi connectivity index (χ3v) is 3.91. The Bertz CT molecular complexity index is 408. The first-order chi connectivity index (χ1) is 8.50. The minimum atomic E-state index is 0.358. The molecule has 4 heteroatoms. The highest BCUT2D eigenvalue weighted by Gasteiger charge is 2.22. The second-order valence-corrected chi connectivity index (χ2v) is 5.88. The van der Waals surface area contributed by atoms with Gasteiger partial charge in [-0.15, -0.1) is 0 Å². The van der Waals surface area contributed by atoms with Gasteiger partial charge in [0.15, 0.2) is 5.82 Å². The highest BCUT2D eigenvalue weighted by Crippen LogP contribution is 2.31. The van der Waals surface area contributed by atoms with Crippen LogP contribution in [0.15, 0.2) is 0 Å². The van der Waals surface area contributed by atoms with Crippen LogP contribution in [0.1, 0.15) is 51.8 Å². The van der Waals surface area contributed by atoms with Crippen molar-refractivity contribution in [3.05, 3.63) is 5.69 Å². The van der Waals surface area contributed by atoms with Gasteiger partial charge in [0.2, 0.25) is 0 Å². The van der Waals surface area contributed by atoms with E-state index < -0.39 is 0 Å². The lowest BCUT2D eigenvalue weighted by atomic mass is 10.0. The van der Waals surface area contributed by atoms with Crippen molar-refractivity contribution in [2.24, 2.45) is 5.92 Å². The van der Waals surface area contributed by atoms with Gasteiger partial charge in [-0.3, -0.25) is 0 Å². The third kappa shape index (κ3) is 2.47. The molecule has 1 aromatic heterocycles. The van der Waals surface area contributed by atoms with Crippen LogP contribution >= 0.6 is 0 Å². The number of hydrogen-bond donors (Lipinski definition) is 1. The van der Waals surface area contributed by atoms with Gasteiger partial charge in [0.05, 0.1) is 11.4 Å². The average molecular weight is 250 g/mol. The Labute approximate surface area is 110 Å². The van der Waals surface area contributed by atoms with Crippen LogP contribution in [0.5, 0.6) is 0 Å². The fraction of sp³-hybridized carbons (Fsp3) is 0.786. The van der Waals surface area contributed by atoms with E-state index in [1.165, 1.54) is 19.3 Å². The topological polar surface area (TPSA) is 47.1 Å². The molecule has 0 spiro atoms. The van der Waals surface area contributed by atoms with Crippen LogP contribution in [0.3, 0.4) is 0 Å². The molecule has 4 nitrogen and oxygen atoms in total. The molecule has 0 radical (unpaired) electrons. The van der Waals surface area contributed by atoms with Crippen molar-refractivity contribution in [1.82, 2.24) is 9.78 Å².